The van der Waals surface area contributed by atoms with Crippen LogP contribution in [0.15, 0.2) is 29.1 Å². The molecule has 5 heteroatoms. The Morgan fingerprint density at radius 2 is 1.95 bits per heavy atom. The van der Waals surface area contributed by atoms with Crippen molar-refractivity contribution in [2.75, 3.05) is 0 Å². The lowest BCUT2D eigenvalue weighted by atomic mass is 10.1. The summed E-state index contributed by atoms with van der Waals surface area (Å²) in [4.78, 5) is 19.0. The Bertz CT molecular complexity index is 647. The van der Waals surface area contributed by atoms with Gasteiger partial charge in [-0.15, -0.1) is 0 Å². The molecule has 1 aromatic heterocycles. The largest absolute Gasteiger partial charge is 0.508 e. The quantitative estimate of drug-likeness (QED) is 0.795. The molecular formula is C15H19N3O2. The summed E-state index contributed by atoms with van der Waals surface area (Å²) in [7, 11) is 0. The lowest BCUT2D eigenvalue weighted by molar-refractivity contribution is 0.474. The molecule has 0 amide bonds. The Labute approximate surface area is 117 Å². The summed E-state index contributed by atoms with van der Waals surface area (Å²) >= 11 is 0. The number of hydrogen-bond acceptors (Lipinski definition) is 4. The van der Waals surface area contributed by atoms with E-state index in [0.29, 0.717) is 17.9 Å². The van der Waals surface area contributed by atoms with Gasteiger partial charge in [0.1, 0.15) is 11.6 Å². The lowest BCUT2D eigenvalue weighted by Crippen LogP contribution is -2.27. The van der Waals surface area contributed by atoms with Crippen molar-refractivity contribution in [1.29, 1.82) is 0 Å². The second-order valence-corrected chi connectivity index (χ2v) is 4.92. The first-order valence-corrected chi connectivity index (χ1v) is 6.56. The summed E-state index contributed by atoms with van der Waals surface area (Å²) in [5.74, 6) is 0.874. The van der Waals surface area contributed by atoms with Gasteiger partial charge >= 0.3 is 0 Å². The van der Waals surface area contributed by atoms with Crippen molar-refractivity contribution >= 4 is 0 Å². The third kappa shape index (κ3) is 3.24. The molecule has 0 fully saturated rings. The molecule has 0 spiro atoms. The van der Waals surface area contributed by atoms with Crippen LogP contribution in [-0.4, -0.2) is 15.1 Å². The molecule has 0 saturated heterocycles. The summed E-state index contributed by atoms with van der Waals surface area (Å²) < 4.78 is 0. The Morgan fingerprint density at radius 1 is 1.30 bits per heavy atom. The Balaban J connectivity index is 2.11. The zero-order chi connectivity index (χ0) is 14.7. The first kappa shape index (κ1) is 14.3. The fourth-order valence-electron chi connectivity index (χ4n) is 2.23. The second-order valence-electron chi connectivity index (χ2n) is 4.92. The molecule has 5 nitrogen and oxygen atoms in total. The first-order chi connectivity index (χ1) is 9.47. The molecule has 2 rings (SSSR count). The molecule has 0 aliphatic carbocycles. The topological polar surface area (TPSA) is 78.0 Å². The molecule has 0 saturated carbocycles. The number of hydrogen-bond donors (Lipinski definition) is 3. The van der Waals surface area contributed by atoms with Crippen LogP contribution in [0.4, 0.5) is 0 Å². The minimum Gasteiger partial charge on any atom is -0.508 e. The number of benzene rings is 1. The zero-order valence-electron chi connectivity index (χ0n) is 11.9. The maximum absolute atomic E-state index is 12.0. The van der Waals surface area contributed by atoms with Crippen molar-refractivity contribution in [3.8, 4) is 5.75 Å². The van der Waals surface area contributed by atoms with Gasteiger partial charge < -0.3 is 15.4 Å². The molecule has 20 heavy (non-hydrogen) atoms. The third-order valence-corrected chi connectivity index (χ3v) is 3.25. The molecule has 106 valence electrons. The number of aromatic amines is 1. The van der Waals surface area contributed by atoms with Gasteiger partial charge in [0.25, 0.3) is 5.56 Å². The van der Waals surface area contributed by atoms with E-state index in [1.807, 2.05) is 26.0 Å². The van der Waals surface area contributed by atoms with Crippen LogP contribution in [0.3, 0.4) is 0 Å². The molecule has 0 aliphatic heterocycles. The molecule has 3 N–H and O–H groups in total. The third-order valence-electron chi connectivity index (χ3n) is 3.25. The van der Waals surface area contributed by atoms with Gasteiger partial charge in [0.2, 0.25) is 0 Å². The van der Waals surface area contributed by atoms with Crippen molar-refractivity contribution in [1.82, 2.24) is 15.3 Å². The van der Waals surface area contributed by atoms with Crippen molar-refractivity contribution < 1.29 is 5.11 Å². The Kier molecular flexibility index (Phi) is 4.20. The molecule has 1 heterocycles. The van der Waals surface area contributed by atoms with Gasteiger partial charge in [-0.25, -0.2) is 4.98 Å². The summed E-state index contributed by atoms with van der Waals surface area (Å²) in [5.41, 5.74) is 2.36. The number of aromatic hydroxyl groups is 1. The smallest absolute Gasteiger partial charge is 0.255 e. The molecule has 1 aromatic carbocycles. The second kappa shape index (κ2) is 5.88. The van der Waals surface area contributed by atoms with Crippen LogP contribution >= 0.6 is 0 Å². The van der Waals surface area contributed by atoms with Gasteiger partial charge in [-0.05, 0) is 38.5 Å². The highest BCUT2D eigenvalue weighted by Gasteiger charge is 2.14. The lowest BCUT2D eigenvalue weighted by Gasteiger charge is -2.15. The van der Waals surface area contributed by atoms with E-state index in [0.717, 1.165) is 11.3 Å². The number of nitrogens with one attached hydrogen (secondary N) is 2. The summed E-state index contributed by atoms with van der Waals surface area (Å²) in [6.07, 6.45) is 0. The van der Waals surface area contributed by atoms with Gasteiger partial charge in [0.05, 0.1) is 5.56 Å². The number of aromatic nitrogens is 2. The van der Waals surface area contributed by atoms with Crippen LogP contribution in [0.25, 0.3) is 0 Å². The number of aryl methyl sites for hydroxylation is 2. The van der Waals surface area contributed by atoms with Crippen LogP contribution in [0.5, 0.6) is 5.75 Å². The van der Waals surface area contributed by atoms with Crippen molar-refractivity contribution in [3.63, 3.8) is 0 Å². The number of nitrogens with zero attached hydrogens (tertiary/aromatic N) is 1. The van der Waals surface area contributed by atoms with E-state index >= 15 is 0 Å². The molecule has 1 atom stereocenters. The maximum atomic E-state index is 12.0. The van der Waals surface area contributed by atoms with E-state index in [9.17, 15) is 9.90 Å². The predicted octanol–water partition coefficient (Wildman–Crippen LogP) is 1.94. The maximum Gasteiger partial charge on any atom is 0.255 e. The van der Waals surface area contributed by atoms with E-state index < -0.39 is 0 Å². The molecule has 0 radical (unpaired) electrons. The summed E-state index contributed by atoms with van der Waals surface area (Å²) in [5, 5.41) is 12.5. The molecule has 1 unspecified atom stereocenters. The molecule has 0 aliphatic rings. The first-order valence-electron chi connectivity index (χ1n) is 6.56. The van der Waals surface area contributed by atoms with E-state index in [-0.39, 0.29) is 17.4 Å². The van der Waals surface area contributed by atoms with Crippen molar-refractivity contribution in [2.45, 2.75) is 33.4 Å². The van der Waals surface area contributed by atoms with Crippen molar-refractivity contribution in [2.24, 2.45) is 0 Å². The fraction of sp³-hybridized carbons (Fsp3) is 0.333. The van der Waals surface area contributed by atoms with Crippen molar-refractivity contribution in [3.05, 3.63) is 57.3 Å². The minimum atomic E-state index is -0.0966. The zero-order valence-corrected chi connectivity index (χ0v) is 11.9. The molecular weight excluding hydrogens is 254 g/mol. The van der Waals surface area contributed by atoms with Crippen LogP contribution in [0, 0.1) is 13.8 Å². The standard InChI is InChI=1S/C15H19N3O2/c1-9(14-10(2)17-11(3)18-15(14)20)16-8-12-4-6-13(19)7-5-12/h4-7,9,16,19H,8H2,1-3H3,(H,17,18,20). The average Bonchev–Trinajstić information content (AvgIpc) is 2.37. The number of phenols is 1. The van der Waals surface area contributed by atoms with Gasteiger partial charge in [-0.2, -0.15) is 0 Å². The van der Waals surface area contributed by atoms with Gasteiger partial charge in [0, 0.05) is 18.3 Å². The highest BCUT2D eigenvalue weighted by Crippen LogP contribution is 2.13. The SMILES string of the molecule is Cc1nc(C)c(C(C)NCc2ccc(O)cc2)c(=O)[nH]1. The van der Waals surface area contributed by atoms with E-state index in [4.69, 9.17) is 0 Å². The highest BCUT2D eigenvalue weighted by atomic mass is 16.3. The molecule has 2 aromatic rings. The summed E-state index contributed by atoms with van der Waals surface area (Å²) in [6, 6.07) is 6.89. The fourth-order valence-corrected chi connectivity index (χ4v) is 2.23. The van der Waals surface area contributed by atoms with E-state index in [2.05, 4.69) is 15.3 Å². The number of rotatable bonds is 4. The summed E-state index contributed by atoms with van der Waals surface area (Å²) in [6.45, 7) is 6.17. The molecule has 0 bridgehead atoms. The predicted molar refractivity (Wildman–Crippen MR) is 77.7 cm³/mol. The average molecular weight is 273 g/mol. The Morgan fingerprint density at radius 3 is 2.55 bits per heavy atom. The van der Waals surface area contributed by atoms with Gasteiger partial charge in [0.15, 0.2) is 0 Å². The highest BCUT2D eigenvalue weighted by molar-refractivity contribution is 5.26. The van der Waals surface area contributed by atoms with Crippen LogP contribution in [0.2, 0.25) is 0 Å². The normalized spacial score (nSPS) is 12.3. The van der Waals surface area contributed by atoms with Crippen LogP contribution in [0.1, 0.15) is 35.6 Å². The monoisotopic (exact) mass is 273 g/mol. The van der Waals surface area contributed by atoms with E-state index in [1.54, 1.807) is 19.1 Å². The van der Waals surface area contributed by atoms with Crippen LogP contribution in [-0.2, 0) is 6.54 Å². The number of phenolic OH excluding ortho intramolecular Hbond substituents is 1. The minimum absolute atomic E-state index is 0.0966. The Hall–Kier alpha value is -2.14. The number of H-pyrrole nitrogens is 1. The van der Waals surface area contributed by atoms with Crippen LogP contribution < -0.4 is 10.9 Å². The van der Waals surface area contributed by atoms with Gasteiger partial charge in [-0.3, -0.25) is 4.79 Å². The van der Waals surface area contributed by atoms with Gasteiger partial charge in [-0.1, -0.05) is 12.1 Å². The van der Waals surface area contributed by atoms with E-state index in [1.165, 1.54) is 0 Å².